The maximum absolute atomic E-state index is 14.0. The molecule has 0 radical (unpaired) electrons. The molecule has 0 spiro atoms. The molecule has 0 bridgehead atoms. The Labute approximate surface area is 191 Å². The number of hydrogen-bond donors (Lipinski definition) is 2. The third-order valence-corrected chi connectivity index (χ3v) is 4.31. The van der Waals surface area contributed by atoms with E-state index < -0.39 is 29.4 Å². The fraction of sp³-hybridized carbons (Fsp3) is 0.217. The predicted octanol–water partition coefficient (Wildman–Crippen LogP) is 4.22. The number of hydrogen-bond acceptors (Lipinski definition) is 6. The van der Waals surface area contributed by atoms with Gasteiger partial charge >= 0.3 is 6.36 Å². The van der Waals surface area contributed by atoms with Crippen LogP contribution in [-0.4, -0.2) is 39.5 Å². The van der Waals surface area contributed by atoms with Crippen LogP contribution in [0.25, 0.3) is 22.6 Å². The molecule has 0 aliphatic rings. The van der Waals surface area contributed by atoms with E-state index in [-0.39, 0.29) is 34.9 Å². The molecule has 3 aromatic rings. The van der Waals surface area contributed by atoms with E-state index in [0.717, 1.165) is 24.3 Å². The number of alkyl halides is 3. The highest BCUT2D eigenvalue weighted by Crippen LogP contribution is 2.28. The van der Waals surface area contributed by atoms with E-state index in [0.29, 0.717) is 5.56 Å². The number of aromatic nitrogens is 2. The van der Waals surface area contributed by atoms with Gasteiger partial charge in [0.15, 0.2) is 5.82 Å². The maximum Gasteiger partial charge on any atom is 0.573 e. The third-order valence-electron chi connectivity index (χ3n) is 4.31. The summed E-state index contributed by atoms with van der Waals surface area (Å²) in [5, 5.41) is 21.5. The van der Waals surface area contributed by atoms with Crippen LogP contribution < -0.4 is 10.1 Å². The molecule has 2 aromatic carbocycles. The zero-order valence-corrected chi connectivity index (χ0v) is 17.9. The Hall–Kier alpha value is -4.04. The number of carbonyl (C=O) groups is 1. The first-order valence-corrected chi connectivity index (χ1v) is 9.80. The highest BCUT2D eigenvalue weighted by molar-refractivity contribution is 5.93. The monoisotopic (exact) mass is 474 g/mol. The van der Waals surface area contributed by atoms with E-state index in [1.54, 1.807) is 0 Å². The van der Waals surface area contributed by atoms with E-state index in [1.807, 2.05) is 6.07 Å². The summed E-state index contributed by atoms with van der Waals surface area (Å²) in [5.41, 5.74) is -0.737. The van der Waals surface area contributed by atoms with Crippen LogP contribution in [0.5, 0.6) is 5.75 Å². The number of benzene rings is 2. The molecule has 2 N–H and O–H groups in total. The summed E-state index contributed by atoms with van der Waals surface area (Å²) >= 11 is 0. The molecule has 11 heteroatoms. The minimum absolute atomic E-state index is 0.00527. The maximum atomic E-state index is 14.0. The van der Waals surface area contributed by atoms with Crippen molar-refractivity contribution in [2.45, 2.75) is 25.8 Å². The zero-order chi connectivity index (χ0) is 25.1. The summed E-state index contributed by atoms with van der Waals surface area (Å²) in [4.78, 5) is 21.1. The SMILES string of the molecule is CC(C)(O)CNC(=O)c1cc(-c2ccc(OC(F)(F)F)cc2)nc(-c2cc(F)cc(C#N)c2)n1. The highest BCUT2D eigenvalue weighted by atomic mass is 19.4. The lowest BCUT2D eigenvalue weighted by Crippen LogP contribution is -2.38. The molecule has 0 atom stereocenters. The minimum atomic E-state index is -4.86. The molecule has 0 saturated heterocycles. The molecule has 34 heavy (non-hydrogen) atoms. The van der Waals surface area contributed by atoms with Gasteiger partial charge in [-0.05, 0) is 62.4 Å². The number of aliphatic hydroxyl groups is 1. The summed E-state index contributed by atoms with van der Waals surface area (Å²) < 4.78 is 55.2. The van der Waals surface area contributed by atoms with Crippen LogP contribution >= 0.6 is 0 Å². The quantitative estimate of drug-likeness (QED) is 0.518. The van der Waals surface area contributed by atoms with Gasteiger partial charge in [-0.3, -0.25) is 4.79 Å². The second-order valence-corrected chi connectivity index (χ2v) is 7.87. The van der Waals surface area contributed by atoms with Crippen molar-refractivity contribution < 1.29 is 32.2 Å². The molecule has 0 fully saturated rings. The van der Waals surface area contributed by atoms with Gasteiger partial charge < -0.3 is 15.2 Å². The lowest BCUT2D eigenvalue weighted by Gasteiger charge is -2.17. The Morgan fingerprint density at radius 1 is 1.09 bits per heavy atom. The number of nitriles is 1. The Balaban J connectivity index is 2.07. The molecular weight excluding hydrogens is 456 g/mol. The van der Waals surface area contributed by atoms with E-state index in [9.17, 15) is 27.5 Å². The highest BCUT2D eigenvalue weighted by Gasteiger charge is 2.31. The number of halogens is 4. The van der Waals surface area contributed by atoms with Crippen LogP contribution in [0.2, 0.25) is 0 Å². The van der Waals surface area contributed by atoms with Crippen LogP contribution in [0.15, 0.2) is 48.5 Å². The molecule has 0 saturated carbocycles. The van der Waals surface area contributed by atoms with Crippen molar-refractivity contribution in [3.8, 4) is 34.5 Å². The fourth-order valence-corrected chi connectivity index (χ4v) is 2.84. The summed E-state index contributed by atoms with van der Waals surface area (Å²) in [6.07, 6.45) is -4.86. The number of ether oxygens (including phenoxy) is 1. The first kappa shape index (κ1) is 24.6. The topological polar surface area (TPSA) is 108 Å². The number of nitrogens with zero attached hydrogens (tertiary/aromatic N) is 3. The first-order valence-electron chi connectivity index (χ1n) is 9.80. The standard InChI is InChI=1S/C23H18F4N4O3/c1-22(2,33)12-29-21(32)19-10-18(14-3-5-17(6-4-14)34-23(25,26)27)30-20(31-19)15-7-13(11-28)8-16(24)9-15/h3-10,33H,12H2,1-2H3,(H,29,32). The average molecular weight is 474 g/mol. The lowest BCUT2D eigenvalue weighted by atomic mass is 10.1. The average Bonchev–Trinajstić information content (AvgIpc) is 2.75. The van der Waals surface area contributed by atoms with E-state index >= 15 is 0 Å². The molecule has 7 nitrogen and oxygen atoms in total. The smallest absolute Gasteiger partial charge is 0.406 e. The minimum Gasteiger partial charge on any atom is -0.406 e. The van der Waals surface area contributed by atoms with Gasteiger partial charge in [0.25, 0.3) is 5.91 Å². The van der Waals surface area contributed by atoms with Crippen molar-refractivity contribution in [1.29, 1.82) is 5.26 Å². The number of rotatable bonds is 6. The van der Waals surface area contributed by atoms with E-state index in [1.165, 1.54) is 38.1 Å². The number of nitrogens with one attached hydrogen (secondary N) is 1. The summed E-state index contributed by atoms with van der Waals surface area (Å²) in [5.74, 6) is -1.92. The number of carbonyl (C=O) groups excluding carboxylic acids is 1. The van der Waals surface area contributed by atoms with Crippen molar-refractivity contribution in [2.24, 2.45) is 0 Å². The van der Waals surface area contributed by atoms with Gasteiger partial charge in [0.05, 0.1) is 22.9 Å². The lowest BCUT2D eigenvalue weighted by molar-refractivity contribution is -0.274. The van der Waals surface area contributed by atoms with E-state index in [2.05, 4.69) is 20.0 Å². The van der Waals surface area contributed by atoms with Crippen LogP contribution in [0.3, 0.4) is 0 Å². The first-order chi connectivity index (χ1) is 15.8. The Bertz CT molecular complexity index is 1250. The Morgan fingerprint density at radius 3 is 2.35 bits per heavy atom. The van der Waals surface area contributed by atoms with Gasteiger partial charge in [-0.25, -0.2) is 14.4 Å². The van der Waals surface area contributed by atoms with Crippen molar-refractivity contribution in [3.63, 3.8) is 0 Å². The molecule has 176 valence electrons. The van der Waals surface area contributed by atoms with E-state index in [4.69, 9.17) is 5.26 Å². The fourth-order valence-electron chi connectivity index (χ4n) is 2.84. The van der Waals surface area contributed by atoms with Crippen LogP contribution in [0, 0.1) is 17.1 Å². The van der Waals surface area contributed by atoms with Crippen molar-refractivity contribution in [3.05, 3.63) is 65.6 Å². The van der Waals surface area contributed by atoms with Gasteiger partial charge in [-0.1, -0.05) is 0 Å². The van der Waals surface area contributed by atoms with Crippen molar-refractivity contribution in [1.82, 2.24) is 15.3 Å². The molecule has 0 unspecified atom stereocenters. The molecule has 1 aromatic heterocycles. The summed E-state index contributed by atoms with van der Waals surface area (Å²) in [6.45, 7) is 2.89. The van der Waals surface area contributed by atoms with Gasteiger partial charge in [-0.2, -0.15) is 5.26 Å². The Morgan fingerprint density at radius 2 is 1.76 bits per heavy atom. The summed E-state index contributed by atoms with van der Waals surface area (Å²) in [6, 6.07) is 11.3. The van der Waals surface area contributed by atoms with Crippen LogP contribution in [-0.2, 0) is 0 Å². The molecule has 1 amide bonds. The third kappa shape index (κ3) is 6.73. The van der Waals surface area contributed by atoms with Crippen molar-refractivity contribution in [2.75, 3.05) is 6.54 Å². The molecule has 3 rings (SSSR count). The second-order valence-electron chi connectivity index (χ2n) is 7.87. The normalized spacial score (nSPS) is 11.6. The number of amides is 1. The van der Waals surface area contributed by atoms with Crippen LogP contribution in [0.1, 0.15) is 29.9 Å². The zero-order valence-electron chi connectivity index (χ0n) is 17.9. The second kappa shape index (κ2) is 9.44. The van der Waals surface area contributed by atoms with Crippen molar-refractivity contribution >= 4 is 5.91 Å². The van der Waals surface area contributed by atoms with Crippen LogP contribution in [0.4, 0.5) is 17.6 Å². The molecule has 0 aliphatic heterocycles. The predicted molar refractivity (Wildman–Crippen MR) is 113 cm³/mol. The Kier molecular flexibility index (Phi) is 6.83. The van der Waals surface area contributed by atoms with Gasteiger partial charge in [0.1, 0.15) is 17.3 Å². The largest absolute Gasteiger partial charge is 0.573 e. The van der Waals surface area contributed by atoms with Gasteiger partial charge in [0.2, 0.25) is 0 Å². The summed E-state index contributed by atoms with van der Waals surface area (Å²) in [7, 11) is 0. The molecule has 0 aliphatic carbocycles. The molecule has 1 heterocycles. The van der Waals surface area contributed by atoms with Gasteiger partial charge in [0, 0.05) is 17.7 Å². The molecular formula is C23H18F4N4O3. The van der Waals surface area contributed by atoms with Gasteiger partial charge in [-0.15, -0.1) is 13.2 Å².